The number of aliphatic hydroxyl groups is 1. The molecule has 110 valence electrons. The first-order chi connectivity index (χ1) is 8.81. The molecule has 0 aliphatic carbocycles. The number of carboxylic acid groups (broad SMARTS) is 1. The Labute approximate surface area is 114 Å². The lowest BCUT2D eigenvalue weighted by Gasteiger charge is -2.40. The first-order valence-corrected chi connectivity index (χ1v) is 6.71. The molecule has 0 aromatic heterocycles. The Morgan fingerprint density at radius 1 is 1.42 bits per heavy atom. The molecule has 0 aromatic rings. The normalized spacial score (nSPS) is 23.5. The molecule has 1 heterocycles. The van der Waals surface area contributed by atoms with Gasteiger partial charge in [0.05, 0.1) is 12.0 Å². The molecule has 1 atom stereocenters. The highest BCUT2D eigenvalue weighted by molar-refractivity contribution is 5.78. The van der Waals surface area contributed by atoms with E-state index in [0.29, 0.717) is 19.4 Å². The van der Waals surface area contributed by atoms with Crippen LogP contribution in [0.15, 0.2) is 0 Å². The molecule has 0 bridgehead atoms. The summed E-state index contributed by atoms with van der Waals surface area (Å²) in [6.07, 6.45) is 1.29. The summed E-state index contributed by atoms with van der Waals surface area (Å²) in [5.74, 6) is -0.858. The van der Waals surface area contributed by atoms with Crippen LogP contribution < -0.4 is 0 Å². The number of carbonyl (C=O) groups excluding carboxylic acids is 1. The maximum atomic E-state index is 12.4. The van der Waals surface area contributed by atoms with E-state index in [4.69, 9.17) is 5.11 Å². The van der Waals surface area contributed by atoms with E-state index in [2.05, 4.69) is 0 Å². The van der Waals surface area contributed by atoms with Gasteiger partial charge < -0.3 is 20.0 Å². The van der Waals surface area contributed by atoms with E-state index in [1.54, 1.807) is 16.7 Å². The number of amides is 2. The van der Waals surface area contributed by atoms with Gasteiger partial charge in [-0.15, -0.1) is 0 Å². The molecule has 2 N–H and O–H groups in total. The standard InChI is InChI=1S/C13H24N2O4/c1-10(2)15(7-8-16)12(19)14-6-4-5-13(3,9-14)11(17)18/h10,16H,4-9H2,1-3H3,(H,17,18). The van der Waals surface area contributed by atoms with Crippen LogP contribution in [0.25, 0.3) is 0 Å². The molecule has 0 spiro atoms. The molecule has 1 aliphatic heterocycles. The monoisotopic (exact) mass is 272 g/mol. The van der Waals surface area contributed by atoms with Crippen LogP contribution in [-0.4, -0.2) is 64.3 Å². The average Bonchev–Trinajstić information content (AvgIpc) is 2.34. The van der Waals surface area contributed by atoms with Crippen LogP contribution in [0.4, 0.5) is 4.79 Å². The zero-order valence-electron chi connectivity index (χ0n) is 11.9. The third-order valence-corrected chi connectivity index (χ3v) is 3.69. The molecular weight excluding hydrogens is 248 g/mol. The number of aliphatic hydroxyl groups excluding tert-OH is 1. The van der Waals surface area contributed by atoms with E-state index in [1.165, 1.54) is 0 Å². The van der Waals surface area contributed by atoms with Gasteiger partial charge in [-0.1, -0.05) is 0 Å². The number of rotatable bonds is 4. The summed E-state index contributed by atoms with van der Waals surface area (Å²) in [6, 6.07) is -0.200. The van der Waals surface area contributed by atoms with Gasteiger partial charge in [-0.3, -0.25) is 4.79 Å². The Kier molecular flexibility index (Phi) is 5.17. The highest BCUT2D eigenvalue weighted by Gasteiger charge is 2.40. The Bertz CT molecular complexity index is 346. The van der Waals surface area contributed by atoms with Crippen molar-refractivity contribution in [2.75, 3.05) is 26.2 Å². The minimum absolute atomic E-state index is 0.0161. The molecule has 0 radical (unpaired) electrons. The zero-order chi connectivity index (χ0) is 14.6. The van der Waals surface area contributed by atoms with Gasteiger partial charge in [-0.2, -0.15) is 0 Å². The molecule has 1 fully saturated rings. The predicted octanol–water partition coefficient (Wildman–Crippen LogP) is 0.996. The summed E-state index contributed by atoms with van der Waals surface area (Å²) in [7, 11) is 0. The van der Waals surface area contributed by atoms with Crippen LogP contribution in [0.3, 0.4) is 0 Å². The van der Waals surface area contributed by atoms with E-state index in [-0.39, 0.29) is 31.8 Å². The summed E-state index contributed by atoms with van der Waals surface area (Å²) in [6.45, 7) is 6.44. The summed E-state index contributed by atoms with van der Waals surface area (Å²) < 4.78 is 0. The molecular formula is C13H24N2O4. The first kappa shape index (κ1) is 15.8. The van der Waals surface area contributed by atoms with Gasteiger partial charge in [0.25, 0.3) is 0 Å². The van der Waals surface area contributed by atoms with Crippen molar-refractivity contribution in [1.29, 1.82) is 0 Å². The van der Waals surface area contributed by atoms with Crippen molar-refractivity contribution >= 4 is 12.0 Å². The van der Waals surface area contributed by atoms with Crippen LogP contribution in [0.2, 0.25) is 0 Å². The van der Waals surface area contributed by atoms with Crippen molar-refractivity contribution in [3.8, 4) is 0 Å². The minimum Gasteiger partial charge on any atom is -0.481 e. The number of aliphatic carboxylic acids is 1. The van der Waals surface area contributed by atoms with E-state index >= 15 is 0 Å². The van der Waals surface area contributed by atoms with E-state index in [9.17, 15) is 14.7 Å². The van der Waals surface area contributed by atoms with Crippen molar-refractivity contribution in [1.82, 2.24) is 9.80 Å². The van der Waals surface area contributed by atoms with Crippen LogP contribution in [0.1, 0.15) is 33.6 Å². The van der Waals surface area contributed by atoms with Crippen LogP contribution in [0.5, 0.6) is 0 Å². The largest absolute Gasteiger partial charge is 0.481 e. The van der Waals surface area contributed by atoms with Gasteiger partial charge >= 0.3 is 12.0 Å². The van der Waals surface area contributed by atoms with Crippen molar-refractivity contribution in [2.24, 2.45) is 5.41 Å². The third-order valence-electron chi connectivity index (χ3n) is 3.69. The third kappa shape index (κ3) is 3.59. The summed E-state index contributed by atoms with van der Waals surface area (Å²) in [5, 5.41) is 18.3. The fourth-order valence-electron chi connectivity index (χ4n) is 2.44. The van der Waals surface area contributed by atoms with Crippen LogP contribution in [-0.2, 0) is 4.79 Å². The van der Waals surface area contributed by atoms with Crippen molar-refractivity contribution in [3.63, 3.8) is 0 Å². The molecule has 1 rings (SSSR count). The number of carbonyl (C=O) groups is 2. The Morgan fingerprint density at radius 3 is 2.53 bits per heavy atom. The van der Waals surface area contributed by atoms with E-state index < -0.39 is 11.4 Å². The number of urea groups is 1. The molecule has 1 aliphatic rings. The maximum Gasteiger partial charge on any atom is 0.320 e. The fraction of sp³-hybridized carbons (Fsp3) is 0.846. The van der Waals surface area contributed by atoms with Gasteiger partial charge in [0.2, 0.25) is 0 Å². The molecule has 6 heteroatoms. The highest BCUT2D eigenvalue weighted by atomic mass is 16.4. The number of piperidine rings is 1. The van der Waals surface area contributed by atoms with Crippen LogP contribution >= 0.6 is 0 Å². The lowest BCUT2D eigenvalue weighted by atomic mass is 9.82. The van der Waals surface area contributed by atoms with Crippen molar-refractivity contribution in [3.05, 3.63) is 0 Å². The van der Waals surface area contributed by atoms with Gasteiger partial charge in [-0.05, 0) is 33.6 Å². The number of hydrogen-bond donors (Lipinski definition) is 2. The smallest absolute Gasteiger partial charge is 0.320 e. The molecule has 19 heavy (non-hydrogen) atoms. The Balaban J connectivity index is 2.78. The SMILES string of the molecule is CC(C)N(CCO)C(=O)N1CCCC(C)(C(=O)O)C1. The molecule has 6 nitrogen and oxygen atoms in total. The molecule has 1 saturated heterocycles. The van der Waals surface area contributed by atoms with Crippen LogP contribution in [0, 0.1) is 5.41 Å². The number of nitrogens with zero attached hydrogens (tertiary/aromatic N) is 2. The topological polar surface area (TPSA) is 81.1 Å². The zero-order valence-corrected chi connectivity index (χ0v) is 11.9. The van der Waals surface area contributed by atoms with E-state index in [1.807, 2.05) is 13.8 Å². The highest BCUT2D eigenvalue weighted by Crippen LogP contribution is 2.30. The van der Waals surface area contributed by atoms with Crippen molar-refractivity contribution < 1.29 is 19.8 Å². The van der Waals surface area contributed by atoms with Gasteiger partial charge in [0.1, 0.15) is 0 Å². The average molecular weight is 272 g/mol. The second-order valence-corrected chi connectivity index (χ2v) is 5.68. The second-order valence-electron chi connectivity index (χ2n) is 5.68. The predicted molar refractivity (Wildman–Crippen MR) is 70.9 cm³/mol. The lowest BCUT2D eigenvalue weighted by Crippen LogP contribution is -2.54. The fourth-order valence-corrected chi connectivity index (χ4v) is 2.44. The van der Waals surface area contributed by atoms with Gasteiger partial charge in [-0.25, -0.2) is 4.79 Å². The minimum atomic E-state index is -0.865. The Hall–Kier alpha value is -1.30. The summed E-state index contributed by atoms with van der Waals surface area (Å²) in [5.41, 5.74) is -0.865. The molecule has 0 aromatic carbocycles. The molecule has 2 amide bonds. The molecule has 1 unspecified atom stereocenters. The van der Waals surface area contributed by atoms with Crippen molar-refractivity contribution in [2.45, 2.75) is 39.7 Å². The second kappa shape index (κ2) is 6.23. The van der Waals surface area contributed by atoms with E-state index in [0.717, 1.165) is 0 Å². The number of hydrogen-bond acceptors (Lipinski definition) is 3. The van der Waals surface area contributed by atoms with Gasteiger partial charge in [0.15, 0.2) is 0 Å². The summed E-state index contributed by atoms with van der Waals surface area (Å²) in [4.78, 5) is 26.8. The lowest BCUT2D eigenvalue weighted by molar-refractivity contribution is -0.150. The Morgan fingerprint density at radius 2 is 2.05 bits per heavy atom. The number of likely N-dealkylation sites (tertiary alicyclic amines) is 1. The number of carboxylic acids is 1. The maximum absolute atomic E-state index is 12.4. The quantitative estimate of drug-likeness (QED) is 0.800. The summed E-state index contributed by atoms with van der Waals surface area (Å²) >= 11 is 0. The first-order valence-electron chi connectivity index (χ1n) is 6.71. The van der Waals surface area contributed by atoms with Gasteiger partial charge in [0, 0.05) is 25.7 Å². The molecule has 0 saturated carbocycles.